The molecular weight excluding hydrogens is 258 g/mol. The van der Waals surface area contributed by atoms with Crippen molar-refractivity contribution in [3.63, 3.8) is 0 Å². The Hall–Kier alpha value is -0.860. The molecule has 0 radical (unpaired) electrons. The van der Waals surface area contributed by atoms with Crippen molar-refractivity contribution in [1.82, 2.24) is 5.32 Å². The number of hydrogen-bond donors (Lipinski definition) is 1. The van der Waals surface area contributed by atoms with E-state index in [0.717, 1.165) is 13.2 Å². The summed E-state index contributed by atoms with van der Waals surface area (Å²) >= 11 is 0. The average molecular weight is 289 g/mol. The summed E-state index contributed by atoms with van der Waals surface area (Å²) in [5.41, 5.74) is 1.44. The molecule has 0 amide bonds. The van der Waals surface area contributed by atoms with E-state index in [2.05, 4.69) is 42.6 Å². The van der Waals surface area contributed by atoms with Crippen LogP contribution in [-0.2, 0) is 4.74 Å². The molecule has 2 atom stereocenters. The summed E-state index contributed by atoms with van der Waals surface area (Å²) in [6.07, 6.45) is 10.8. The molecule has 0 saturated carbocycles. The fraction of sp³-hybridized carbons (Fsp3) is 0.684. The van der Waals surface area contributed by atoms with Gasteiger partial charge in [0, 0.05) is 12.6 Å². The fourth-order valence-electron chi connectivity index (χ4n) is 3.16. The topological polar surface area (TPSA) is 21.3 Å². The van der Waals surface area contributed by atoms with Gasteiger partial charge in [0.15, 0.2) is 0 Å². The van der Waals surface area contributed by atoms with Gasteiger partial charge >= 0.3 is 0 Å². The van der Waals surface area contributed by atoms with Crippen LogP contribution in [-0.4, -0.2) is 19.3 Å². The Morgan fingerprint density at radius 2 is 2.05 bits per heavy atom. The smallest absolute Gasteiger partial charge is 0.0576 e. The molecule has 1 aliphatic rings. The lowest BCUT2D eigenvalue weighted by Crippen LogP contribution is -2.22. The summed E-state index contributed by atoms with van der Waals surface area (Å²) in [4.78, 5) is 0. The molecule has 2 nitrogen and oxygen atoms in total. The third-order valence-electron chi connectivity index (χ3n) is 4.39. The van der Waals surface area contributed by atoms with Crippen molar-refractivity contribution < 1.29 is 4.74 Å². The van der Waals surface area contributed by atoms with Gasteiger partial charge in [0.1, 0.15) is 0 Å². The van der Waals surface area contributed by atoms with Gasteiger partial charge in [-0.05, 0) is 44.2 Å². The maximum Gasteiger partial charge on any atom is 0.0576 e. The van der Waals surface area contributed by atoms with Gasteiger partial charge in [-0.1, -0.05) is 56.5 Å². The van der Waals surface area contributed by atoms with E-state index in [9.17, 15) is 0 Å². The lowest BCUT2D eigenvalue weighted by molar-refractivity contribution is 0.102. The third-order valence-corrected chi connectivity index (χ3v) is 4.39. The van der Waals surface area contributed by atoms with Crippen LogP contribution in [0.5, 0.6) is 0 Å². The van der Waals surface area contributed by atoms with Crippen LogP contribution in [0.1, 0.15) is 69.9 Å². The zero-order valence-electron chi connectivity index (χ0n) is 13.5. The Bertz CT molecular complexity index is 359. The highest BCUT2D eigenvalue weighted by atomic mass is 16.5. The highest BCUT2D eigenvalue weighted by Crippen LogP contribution is 2.22. The molecule has 0 bridgehead atoms. The number of rotatable bonds is 10. The first-order valence-corrected chi connectivity index (χ1v) is 8.80. The highest BCUT2D eigenvalue weighted by molar-refractivity contribution is 5.18. The largest absolute Gasteiger partial charge is 0.378 e. The average Bonchev–Trinajstić information content (AvgIpc) is 3.04. The molecule has 2 rings (SSSR count). The zero-order chi connectivity index (χ0) is 14.8. The number of ether oxygens (including phenoxy) is 1. The van der Waals surface area contributed by atoms with Gasteiger partial charge < -0.3 is 10.1 Å². The van der Waals surface area contributed by atoms with Gasteiger partial charge in [-0.3, -0.25) is 0 Å². The van der Waals surface area contributed by atoms with E-state index in [0.29, 0.717) is 12.1 Å². The molecule has 1 fully saturated rings. The first-order valence-electron chi connectivity index (χ1n) is 8.80. The maximum absolute atomic E-state index is 5.69. The molecule has 21 heavy (non-hydrogen) atoms. The molecular formula is C19H31NO. The maximum atomic E-state index is 5.69. The normalized spacial score (nSPS) is 19.8. The second-order valence-corrected chi connectivity index (χ2v) is 6.19. The Morgan fingerprint density at radius 1 is 1.19 bits per heavy atom. The van der Waals surface area contributed by atoms with Gasteiger partial charge in [-0.15, -0.1) is 0 Å². The highest BCUT2D eigenvalue weighted by Gasteiger charge is 2.15. The summed E-state index contributed by atoms with van der Waals surface area (Å²) < 4.78 is 5.69. The van der Waals surface area contributed by atoms with Crippen LogP contribution in [0.25, 0.3) is 0 Å². The second-order valence-electron chi connectivity index (χ2n) is 6.19. The molecule has 1 aliphatic heterocycles. The van der Waals surface area contributed by atoms with E-state index < -0.39 is 0 Å². The van der Waals surface area contributed by atoms with Crippen LogP contribution in [0.3, 0.4) is 0 Å². The quantitative estimate of drug-likeness (QED) is 0.621. The third kappa shape index (κ3) is 6.19. The summed E-state index contributed by atoms with van der Waals surface area (Å²) in [7, 11) is 0. The van der Waals surface area contributed by atoms with Crippen LogP contribution in [0.4, 0.5) is 0 Å². The van der Waals surface area contributed by atoms with Crippen LogP contribution >= 0.6 is 0 Å². The second kappa shape index (κ2) is 9.97. The number of hydrogen-bond acceptors (Lipinski definition) is 2. The van der Waals surface area contributed by atoms with Gasteiger partial charge in [0.25, 0.3) is 0 Å². The van der Waals surface area contributed by atoms with Crippen molar-refractivity contribution in [3.8, 4) is 0 Å². The fourth-order valence-corrected chi connectivity index (χ4v) is 3.16. The van der Waals surface area contributed by atoms with E-state index in [4.69, 9.17) is 4.74 Å². The van der Waals surface area contributed by atoms with Crippen LogP contribution in [0.2, 0.25) is 0 Å². The molecule has 2 unspecified atom stereocenters. The van der Waals surface area contributed by atoms with Crippen molar-refractivity contribution in [2.75, 3.05) is 13.2 Å². The Morgan fingerprint density at radius 3 is 2.76 bits per heavy atom. The van der Waals surface area contributed by atoms with Gasteiger partial charge in [-0.2, -0.15) is 0 Å². The molecule has 1 heterocycles. The van der Waals surface area contributed by atoms with Crippen molar-refractivity contribution in [2.45, 2.75) is 70.4 Å². The summed E-state index contributed by atoms with van der Waals surface area (Å²) in [6.45, 7) is 4.33. The first-order chi connectivity index (χ1) is 10.4. The molecule has 118 valence electrons. The van der Waals surface area contributed by atoms with E-state index >= 15 is 0 Å². The van der Waals surface area contributed by atoms with Crippen molar-refractivity contribution in [1.29, 1.82) is 0 Å². The van der Waals surface area contributed by atoms with Gasteiger partial charge in [-0.25, -0.2) is 0 Å². The lowest BCUT2D eigenvalue weighted by Gasteiger charge is -2.19. The molecule has 1 saturated heterocycles. The van der Waals surface area contributed by atoms with Crippen LogP contribution < -0.4 is 5.32 Å². The van der Waals surface area contributed by atoms with Gasteiger partial charge in [0.05, 0.1) is 6.10 Å². The van der Waals surface area contributed by atoms with E-state index in [1.165, 1.54) is 56.9 Å². The van der Waals surface area contributed by atoms with Gasteiger partial charge in [0.2, 0.25) is 0 Å². The molecule has 1 aromatic rings. The minimum Gasteiger partial charge on any atom is -0.378 e. The summed E-state index contributed by atoms with van der Waals surface area (Å²) in [5.74, 6) is 0. The number of benzene rings is 1. The molecule has 0 spiro atoms. The van der Waals surface area contributed by atoms with Crippen LogP contribution in [0.15, 0.2) is 30.3 Å². The zero-order valence-corrected chi connectivity index (χ0v) is 13.5. The van der Waals surface area contributed by atoms with Crippen molar-refractivity contribution in [2.24, 2.45) is 0 Å². The molecule has 0 aliphatic carbocycles. The number of unbranched alkanes of at least 4 members (excludes halogenated alkanes) is 2. The SMILES string of the molecule is CCCNC(CCCCCC1CCCO1)c1ccccc1. The monoisotopic (exact) mass is 289 g/mol. The summed E-state index contributed by atoms with van der Waals surface area (Å²) in [6, 6.07) is 11.4. The predicted molar refractivity (Wildman–Crippen MR) is 89.5 cm³/mol. The molecule has 1 aromatic carbocycles. The van der Waals surface area contributed by atoms with Crippen molar-refractivity contribution in [3.05, 3.63) is 35.9 Å². The Kier molecular flexibility index (Phi) is 7.83. The number of nitrogens with one attached hydrogen (secondary N) is 1. The molecule has 0 aromatic heterocycles. The molecule has 1 N–H and O–H groups in total. The molecule has 2 heteroatoms. The summed E-state index contributed by atoms with van der Waals surface area (Å²) in [5, 5.41) is 3.69. The minimum absolute atomic E-state index is 0.522. The predicted octanol–water partition coefficient (Wildman–Crippen LogP) is 4.86. The lowest BCUT2D eigenvalue weighted by atomic mass is 9.99. The van der Waals surface area contributed by atoms with Crippen LogP contribution in [0, 0.1) is 0 Å². The Labute approximate surface area is 130 Å². The van der Waals surface area contributed by atoms with E-state index in [1.54, 1.807) is 0 Å². The Balaban J connectivity index is 1.66. The standard InChI is InChI=1S/C19H31NO/c1-2-15-20-19(17-10-5-3-6-11-17)14-8-4-7-12-18-13-9-16-21-18/h3,5-6,10-11,18-20H,2,4,7-9,12-16H2,1H3. The van der Waals surface area contributed by atoms with Crippen molar-refractivity contribution >= 4 is 0 Å². The minimum atomic E-state index is 0.522. The van der Waals surface area contributed by atoms with E-state index in [1.807, 2.05) is 0 Å². The van der Waals surface area contributed by atoms with E-state index in [-0.39, 0.29) is 0 Å². The first kappa shape index (κ1) is 16.5.